The molecule has 0 amide bonds. The van der Waals surface area contributed by atoms with Crippen LogP contribution in [0.5, 0.6) is 11.5 Å². The highest BCUT2D eigenvalue weighted by atomic mass is 16.5. The Morgan fingerprint density at radius 1 is 1.00 bits per heavy atom. The van der Waals surface area contributed by atoms with Crippen LogP contribution in [0.25, 0.3) is 16.9 Å². The first-order chi connectivity index (χ1) is 14.8. The Kier molecular flexibility index (Phi) is 5.12. The first-order valence-corrected chi connectivity index (χ1v) is 10.2. The van der Waals surface area contributed by atoms with Crippen LogP contribution in [-0.4, -0.2) is 37.3 Å². The van der Waals surface area contributed by atoms with Crippen molar-refractivity contribution < 1.29 is 9.47 Å². The fraction of sp³-hybridized carbons (Fsp3) is 0.409. The van der Waals surface area contributed by atoms with Gasteiger partial charge in [0.15, 0.2) is 22.7 Å². The molecule has 0 radical (unpaired) electrons. The van der Waals surface area contributed by atoms with E-state index in [0.29, 0.717) is 41.5 Å². The van der Waals surface area contributed by atoms with E-state index in [9.17, 15) is 9.59 Å². The molecule has 0 saturated carbocycles. The average molecular weight is 425 g/mol. The van der Waals surface area contributed by atoms with E-state index in [1.165, 1.54) is 9.13 Å². The Labute approximate surface area is 179 Å². The fourth-order valence-electron chi connectivity index (χ4n) is 4.14. The van der Waals surface area contributed by atoms with Gasteiger partial charge in [-0.1, -0.05) is 6.07 Å². The zero-order valence-corrected chi connectivity index (χ0v) is 18.7. The molecule has 9 nitrogen and oxygen atoms in total. The first kappa shape index (κ1) is 20.8. The van der Waals surface area contributed by atoms with E-state index < -0.39 is 0 Å². The van der Waals surface area contributed by atoms with Crippen molar-refractivity contribution in [3.05, 3.63) is 56.0 Å². The van der Waals surface area contributed by atoms with Gasteiger partial charge >= 0.3 is 5.69 Å². The van der Waals surface area contributed by atoms with Crippen LogP contribution in [0.2, 0.25) is 0 Å². The van der Waals surface area contributed by atoms with Crippen LogP contribution < -0.4 is 20.7 Å². The number of aromatic nitrogens is 5. The number of methoxy groups -OCH3 is 2. The van der Waals surface area contributed by atoms with Gasteiger partial charge in [-0.25, -0.2) is 4.79 Å². The lowest BCUT2D eigenvalue weighted by molar-refractivity contribution is 0.354. The molecule has 0 aliphatic heterocycles. The third-order valence-electron chi connectivity index (χ3n) is 6.02. The summed E-state index contributed by atoms with van der Waals surface area (Å²) in [7, 11) is 4.88. The molecule has 0 spiro atoms. The molecule has 31 heavy (non-hydrogen) atoms. The summed E-state index contributed by atoms with van der Waals surface area (Å²) in [5, 5.41) is 0. The number of benzene rings is 1. The molecule has 3 aromatic heterocycles. The van der Waals surface area contributed by atoms with Gasteiger partial charge in [0.25, 0.3) is 5.56 Å². The van der Waals surface area contributed by atoms with Crippen LogP contribution >= 0.6 is 0 Å². The molecule has 4 rings (SSSR count). The molecule has 0 aliphatic carbocycles. The monoisotopic (exact) mass is 425 g/mol. The summed E-state index contributed by atoms with van der Waals surface area (Å²) in [5.74, 6) is 2.04. The summed E-state index contributed by atoms with van der Waals surface area (Å²) < 4.78 is 17.4. The molecule has 0 fully saturated rings. The lowest BCUT2D eigenvalue weighted by Gasteiger charge is -2.11. The minimum Gasteiger partial charge on any atom is -0.493 e. The Hall–Kier alpha value is -3.49. The van der Waals surface area contributed by atoms with Crippen LogP contribution in [-0.2, 0) is 26.6 Å². The van der Waals surface area contributed by atoms with Gasteiger partial charge in [0, 0.05) is 31.5 Å². The molecule has 0 atom stereocenters. The lowest BCUT2D eigenvalue weighted by atomic mass is 10.1. The molecule has 3 heterocycles. The van der Waals surface area contributed by atoms with Gasteiger partial charge in [0.1, 0.15) is 0 Å². The highest BCUT2D eigenvalue weighted by molar-refractivity contribution is 5.76. The third-order valence-corrected chi connectivity index (χ3v) is 6.02. The number of nitrogens with zero attached hydrogens (tertiary/aromatic N) is 5. The molecule has 4 aromatic rings. The molecule has 0 saturated heterocycles. The van der Waals surface area contributed by atoms with E-state index in [1.54, 1.807) is 28.2 Å². The van der Waals surface area contributed by atoms with E-state index in [2.05, 4.69) is 4.57 Å². The Balaban J connectivity index is 1.84. The predicted octanol–water partition coefficient (Wildman–Crippen LogP) is 2.05. The molecule has 9 heteroatoms. The van der Waals surface area contributed by atoms with Crippen molar-refractivity contribution in [1.29, 1.82) is 0 Å². The molecular formula is C22H27N5O4. The largest absolute Gasteiger partial charge is 0.493 e. The third kappa shape index (κ3) is 3.03. The van der Waals surface area contributed by atoms with Crippen molar-refractivity contribution in [2.24, 2.45) is 7.05 Å². The minimum atomic E-state index is -0.355. The van der Waals surface area contributed by atoms with E-state index >= 15 is 0 Å². The Bertz CT molecular complexity index is 1420. The Morgan fingerprint density at radius 2 is 1.71 bits per heavy atom. The SMILES string of the molecule is CCn1c(=O)c2c(nc3n(CCc4ccc(OC)c(OC)c4)c(C)c(C)n23)n(C)c1=O. The number of fused-ring (bicyclic) bond motifs is 3. The van der Waals surface area contributed by atoms with Gasteiger partial charge in [-0.15, -0.1) is 0 Å². The van der Waals surface area contributed by atoms with Crippen molar-refractivity contribution in [2.45, 2.75) is 40.3 Å². The normalized spacial score (nSPS) is 11.5. The second kappa shape index (κ2) is 7.64. The quantitative estimate of drug-likeness (QED) is 0.472. The molecular weight excluding hydrogens is 398 g/mol. The first-order valence-electron chi connectivity index (χ1n) is 10.2. The number of ether oxygens (including phenoxy) is 2. The molecule has 0 bridgehead atoms. The smallest absolute Gasteiger partial charge is 0.332 e. The maximum Gasteiger partial charge on any atom is 0.332 e. The fourth-order valence-corrected chi connectivity index (χ4v) is 4.14. The maximum atomic E-state index is 13.0. The maximum absolute atomic E-state index is 13.0. The molecule has 164 valence electrons. The highest BCUT2D eigenvalue weighted by Gasteiger charge is 2.22. The second-order valence-corrected chi connectivity index (χ2v) is 7.57. The van der Waals surface area contributed by atoms with Crippen LogP contribution in [0.15, 0.2) is 27.8 Å². The summed E-state index contributed by atoms with van der Waals surface area (Å²) in [4.78, 5) is 30.3. The predicted molar refractivity (Wildman–Crippen MR) is 119 cm³/mol. The molecule has 0 N–H and O–H groups in total. The van der Waals surface area contributed by atoms with Crippen LogP contribution in [0.3, 0.4) is 0 Å². The summed E-state index contributed by atoms with van der Waals surface area (Å²) in [5.41, 5.74) is 3.23. The Morgan fingerprint density at radius 3 is 2.35 bits per heavy atom. The van der Waals surface area contributed by atoms with Crippen molar-refractivity contribution in [2.75, 3.05) is 14.2 Å². The van der Waals surface area contributed by atoms with Gasteiger partial charge in [-0.3, -0.25) is 18.3 Å². The van der Waals surface area contributed by atoms with Crippen molar-refractivity contribution in [3.63, 3.8) is 0 Å². The van der Waals surface area contributed by atoms with Gasteiger partial charge in [-0.05, 0) is 44.9 Å². The summed E-state index contributed by atoms with van der Waals surface area (Å²) in [6.07, 6.45) is 0.742. The minimum absolute atomic E-state index is 0.312. The number of hydrogen-bond acceptors (Lipinski definition) is 5. The van der Waals surface area contributed by atoms with E-state index in [4.69, 9.17) is 14.5 Å². The van der Waals surface area contributed by atoms with Gasteiger partial charge in [-0.2, -0.15) is 4.98 Å². The summed E-state index contributed by atoms with van der Waals surface area (Å²) >= 11 is 0. The molecule has 0 aliphatic rings. The number of hydrogen-bond donors (Lipinski definition) is 0. The van der Waals surface area contributed by atoms with Gasteiger partial charge in [0.05, 0.1) is 14.2 Å². The van der Waals surface area contributed by atoms with Crippen LogP contribution in [0, 0.1) is 13.8 Å². The van der Waals surface area contributed by atoms with Crippen molar-refractivity contribution in [1.82, 2.24) is 23.1 Å². The number of aryl methyl sites for hydroxylation is 4. The van der Waals surface area contributed by atoms with Crippen molar-refractivity contribution >= 4 is 16.9 Å². The van der Waals surface area contributed by atoms with Crippen LogP contribution in [0.4, 0.5) is 0 Å². The van der Waals surface area contributed by atoms with E-state index in [1.807, 2.05) is 36.4 Å². The molecule has 0 unspecified atom stereocenters. The van der Waals surface area contributed by atoms with E-state index in [-0.39, 0.29) is 11.2 Å². The van der Waals surface area contributed by atoms with Crippen molar-refractivity contribution in [3.8, 4) is 11.5 Å². The molecule has 1 aromatic carbocycles. The summed E-state index contributed by atoms with van der Waals surface area (Å²) in [6.45, 7) is 6.76. The topological polar surface area (TPSA) is 84.7 Å². The second-order valence-electron chi connectivity index (χ2n) is 7.57. The van der Waals surface area contributed by atoms with Crippen LogP contribution in [0.1, 0.15) is 23.9 Å². The average Bonchev–Trinajstić information content (AvgIpc) is 3.27. The van der Waals surface area contributed by atoms with Gasteiger partial charge in [0.2, 0.25) is 5.78 Å². The standard InChI is InChI=1S/C22H27N5O4/c1-7-25-20(28)18-19(24(4)22(25)29)23-21-26(13(2)14(3)27(18)21)11-10-15-8-9-16(30-5)17(12-15)31-6/h8-9,12H,7,10-11H2,1-6H3. The zero-order valence-electron chi connectivity index (χ0n) is 18.7. The lowest BCUT2D eigenvalue weighted by Crippen LogP contribution is -2.38. The summed E-state index contributed by atoms with van der Waals surface area (Å²) in [6, 6.07) is 5.87. The van der Waals surface area contributed by atoms with Gasteiger partial charge < -0.3 is 14.0 Å². The number of rotatable bonds is 6. The number of imidazole rings is 2. The zero-order chi connectivity index (χ0) is 22.4. The van der Waals surface area contributed by atoms with E-state index in [0.717, 1.165) is 23.4 Å². The highest BCUT2D eigenvalue weighted by Crippen LogP contribution is 2.28.